The fraction of sp³-hybridized carbons (Fsp3) is 0.750. The normalized spacial score (nSPS) is 22.1. The number of hydrogen-bond acceptors (Lipinski definition) is 4. The van der Waals surface area contributed by atoms with Crippen LogP contribution in [0.2, 0.25) is 0 Å². The fourth-order valence-electron chi connectivity index (χ4n) is 1.15. The van der Waals surface area contributed by atoms with Crippen molar-refractivity contribution in [1.82, 2.24) is 0 Å². The lowest BCUT2D eigenvalue weighted by atomic mass is 10.1. The Kier molecular flexibility index (Phi) is 3.08. The molecule has 1 saturated heterocycles. The standard InChI is InChI=1S/C8H12O4/c1-2-11-7(9)3-6-4-8(10)12-5-6/h6H,2-5H2,1H3. The van der Waals surface area contributed by atoms with Crippen molar-refractivity contribution in [3.63, 3.8) is 0 Å². The molecule has 1 aliphatic rings. The molecule has 1 atom stereocenters. The van der Waals surface area contributed by atoms with Crippen molar-refractivity contribution in [1.29, 1.82) is 0 Å². The van der Waals surface area contributed by atoms with Gasteiger partial charge in [-0.1, -0.05) is 0 Å². The van der Waals surface area contributed by atoms with Crippen LogP contribution in [0, 0.1) is 5.92 Å². The predicted octanol–water partition coefficient (Wildman–Crippen LogP) is 0.503. The van der Waals surface area contributed by atoms with Crippen LogP contribution in [0.3, 0.4) is 0 Å². The molecule has 0 N–H and O–H groups in total. The van der Waals surface area contributed by atoms with E-state index in [1.807, 2.05) is 0 Å². The zero-order chi connectivity index (χ0) is 8.97. The van der Waals surface area contributed by atoms with Crippen molar-refractivity contribution in [3.05, 3.63) is 0 Å². The summed E-state index contributed by atoms with van der Waals surface area (Å²) in [4.78, 5) is 21.5. The van der Waals surface area contributed by atoms with E-state index in [2.05, 4.69) is 0 Å². The average Bonchev–Trinajstić information content (AvgIpc) is 2.36. The highest BCUT2D eigenvalue weighted by atomic mass is 16.5. The van der Waals surface area contributed by atoms with E-state index >= 15 is 0 Å². The van der Waals surface area contributed by atoms with E-state index in [9.17, 15) is 9.59 Å². The Morgan fingerprint density at radius 2 is 2.50 bits per heavy atom. The first-order chi connectivity index (χ1) is 5.72. The van der Waals surface area contributed by atoms with Crippen molar-refractivity contribution < 1.29 is 19.1 Å². The van der Waals surface area contributed by atoms with Gasteiger partial charge in [-0.2, -0.15) is 0 Å². The first kappa shape index (κ1) is 9.03. The summed E-state index contributed by atoms with van der Waals surface area (Å²) in [6.07, 6.45) is 0.637. The molecular formula is C8H12O4. The maximum absolute atomic E-state index is 10.9. The number of carbonyl (C=O) groups is 2. The van der Waals surface area contributed by atoms with E-state index in [-0.39, 0.29) is 17.9 Å². The molecule has 0 bridgehead atoms. The highest BCUT2D eigenvalue weighted by Gasteiger charge is 2.26. The molecule has 0 aromatic rings. The Balaban J connectivity index is 2.23. The Bertz CT molecular complexity index is 187. The molecule has 0 radical (unpaired) electrons. The second kappa shape index (κ2) is 4.09. The minimum absolute atomic E-state index is 0.0246. The summed E-state index contributed by atoms with van der Waals surface area (Å²) >= 11 is 0. The summed E-state index contributed by atoms with van der Waals surface area (Å²) in [7, 11) is 0. The summed E-state index contributed by atoms with van der Waals surface area (Å²) in [5.41, 5.74) is 0. The van der Waals surface area contributed by atoms with E-state index < -0.39 is 0 Å². The fourth-order valence-corrected chi connectivity index (χ4v) is 1.15. The van der Waals surface area contributed by atoms with E-state index in [0.717, 1.165) is 0 Å². The monoisotopic (exact) mass is 172 g/mol. The van der Waals surface area contributed by atoms with Crippen molar-refractivity contribution in [3.8, 4) is 0 Å². The first-order valence-corrected chi connectivity index (χ1v) is 4.03. The van der Waals surface area contributed by atoms with Gasteiger partial charge in [0.05, 0.1) is 26.1 Å². The number of rotatable bonds is 3. The molecule has 1 unspecified atom stereocenters. The van der Waals surface area contributed by atoms with Crippen molar-refractivity contribution in [2.75, 3.05) is 13.2 Å². The van der Waals surface area contributed by atoms with Crippen molar-refractivity contribution in [2.45, 2.75) is 19.8 Å². The lowest BCUT2D eigenvalue weighted by Gasteiger charge is -2.04. The summed E-state index contributed by atoms with van der Waals surface area (Å²) in [6.45, 7) is 2.51. The Morgan fingerprint density at radius 3 is 3.00 bits per heavy atom. The van der Waals surface area contributed by atoms with Crippen LogP contribution in [0.1, 0.15) is 19.8 Å². The molecule has 12 heavy (non-hydrogen) atoms. The zero-order valence-corrected chi connectivity index (χ0v) is 7.04. The zero-order valence-electron chi connectivity index (χ0n) is 7.04. The van der Waals surface area contributed by atoms with Crippen LogP contribution in [0.15, 0.2) is 0 Å². The Hall–Kier alpha value is -1.06. The number of cyclic esters (lactones) is 1. The molecule has 0 saturated carbocycles. The topological polar surface area (TPSA) is 52.6 Å². The van der Waals surface area contributed by atoms with Crippen LogP contribution in [-0.4, -0.2) is 25.2 Å². The minimum atomic E-state index is -0.249. The summed E-state index contributed by atoms with van der Waals surface area (Å²) < 4.78 is 9.43. The predicted molar refractivity (Wildman–Crippen MR) is 40.3 cm³/mol. The lowest BCUT2D eigenvalue weighted by Crippen LogP contribution is -2.11. The first-order valence-electron chi connectivity index (χ1n) is 4.03. The highest BCUT2D eigenvalue weighted by molar-refractivity contribution is 5.74. The summed E-state index contributed by atoms with van der Waals surface area (Å²) in [5.74, 6) is -0.443. The van der Waals surface area contributed by atoms with Gasteiger partial charge in [-0.15, -0.1) is 0 Å². The van der Waals surface area contributed by atoms with Crippen LogP contribution in [0.25, 0.3) is 0 Å². The van der Waals surface area contributed by atoms with Gasteiger partial charge in [0.2, 0.25) is 0 Å². The minimum Gasteiger partial charge on any atom is -0.466 e. The van der Waals surface area contributed by atoms with Gasteiger partial charge >= 0.3 is 11.9 Å². The molecule has 1 rings (SSSR count). The van der Waals surface area contributed by atoms with Crippen LogP contribution in [0.4, 0.5) is 0 Å². The van der Waals surface area contributed by atoms with Gasteiger partial charge < -0.3 is 9.47 Å². The molecule has 4 nitrogen and oxygen atoms in total. The van der Waals surface area contributed by atoms with Gasteiger partial charge in [0.1, 0.15) is 0 Å². The van der Waals surface area contributed by atoms with Gasteiger partial charge in [-0.25, -0.2) is 0 Å². The van der Waals surface area contributed by atoms with Gasteiger partial charge in [0.25, 0.3) is 0 Å². The molecule has 4 heteroatoms. The molecule has 0 aromatic carbocycles. The van der Waals surface area contributed by atoms with Gasteiger partial charge in [0.15, 0.2) is 0 Å². The third kappa shape index (κ3) is 2.53. The second-order valence-corrected chi connectivity index (χ2v) is 2.76. The lowest BCUT2D eigenvalue weighted by molar-refractivity contribution is -0.144. The Morgan fingerprint density at radius 1 is 1.75 bits per heavy atom. The molecule has 0 amide bonds. The molecule has 1 fully saturated rings. The maximum atomic E-state index is 10.9. The SMILES string of the molecule is CCOC(=O)CC1COC(=O)C1. The third-order valence-corrected chi connectivity index (χ3v) is 1.70. The molecule has 1 aliphatic heterocycles. The number of esters is 2. The Labute approximate surface area is 70.8 Å². The number of carbonyl (C=O) groups excluding carboxylic acids is 2. The highest BCUT2D eigenvalue weighted by Crippen LogP contribution is 2.17. The van der Waals surface area contributed by atoms with E-state index in [1.165, 1.54) is 0 Å². The summed E-state index contributed by atoms with van der Waals surface area (Å²) in [6, 6.07) is 0. The van der Waals surface area contributed by atoms with Crippen LogP contribution < -0.4 is 0 Å². The van der Waals surface area contributed by atoms with Crippen molar-refractivity contribution in [2.24, 2.45) is 5.92 Å². The molecular weight excluding hydrogens is 160 g/mol. The van der Waals surface area contributed by atoms with Crippen molar-refractivity contribution >= 4 is 11.9 Å². The molecule has 68 valence electrons. The van der Waals surface area contributed by atoms with Crippen LogP contribution >= 0.6 is 0 Å². The third-order valence-electron chi connectivity index (χ3n) is 1.70. The second-order valence-electron chi connectivity index (χ2n) is 2.76. The molecule has 0 spiro atoms. The van der Waals surface area contributed by atoms with E-state index in [4.69, 9.17) is 9.47 Å². The van der Waals surface area contributed by atoms with E-state index in [0.29, 0.717) is 26.1 Å². The quantitative estimate of drug-likeness (QED) is 0.582. The van der Waals surface area contributed by atoms with Gasteiger partial charge in [0, 0.05) is 5.92 Å². The molecule has 0 aromatic heterocycles. The smallest absolute Gasteiger partial charge is 0.306 e. The van der Waals surface area contributed by atoms with Crippen LogP contribution in [0.5, 0.6) is 0 Å². The van der Waals surface area contributed by atoms with Gasteiger partial charge in [-0.05, 0) is 6.92 Å². The average molecular weight is 172 g/mol. The summed E-state index contributed by atoms with van der Waals surface area (Å²) in [5, 5.41) is 0. The number of ether oxygens (including phenoxy) is 2. The molecule has 1 heterocycles. The van der Waals surface area contributed by atoms with Crippen LogP contribution in [-0.2, 0) is 19.1 Å². The van der Waals surface area contributed by atoms with Gasteiger partial charge in [-0.3, -0.25) is 9.59 Å². The van der Waals surface area contributed by atoms with E-state index in [1.54, 1.807) is 6.92 Å². The number of hydrogen-bond donors (Lipinski definition) is 0. The largest absolute Gasteiger partial charge is 0.466 e. The maximum Gasteiger partial charge on any atom is 0.306 e. The molecule has 0 aliphatic carbocycles.